The van der Waals surface area contributed by atoms with Crippen LogP contribution in [0.5, 0.6) is 0 Å². The number of sulfone groups is 1. The molecule has 2 aromatic rings. The number of allylic oxidation sites excluding steroid dienone is 3. The Morgan fingerprint density at radius 2 is 1.66 bits per heavy atom. The number of hydrogen-bond acceptors (Lipinski definition) is 5. The normalized spacial score (nSPS) is 15.9. The quantitative estimate of drug-likeness (QED) is 0.430. The molecule has 9 heteroatoms. The molecule has 1 aliphatic heterocycles. The van der Waals surface area contributed by atoms with Gasteiger partial charge in [0.15, 0.2) is 0 Å². The zero-order valence-corrected chi connectivity index (χ0v) is 20.0. The number of nitrogens with one attached hydrogen (secondary N) is 2. The van der Waals surface area contributed by atoms with Crippen molar-refractivity contribution in [2.75, 3.05) is 20.2 Å². The van der Waals surface area contributed by atoms with E-state index in [1.807, 2.05) is 18.2 Å². The molecular formula is C26H25FN2O5S. The predicted octanol–water partition coefficient (Wildman–Crippen LogP) is 3.60. The zero-order chi connectivity index (χ0) is 25.0. The number of rotatable bonds is 8. The van der Waals surface area contributed by atoms with Crippen LogP contribution in [0.2, 0.25) is 0 Å². The number of methoxy groups -OCH3 is 1. The van der Waals surface area contributed by atoms with Gasteiger partial charge in [0, 0.05) is 24.2 Å². The highest BCUT2D eigenvalue weighted by atomic mass is 32.2. The van der Waals surface area contributed by atoms with Gasteiger partial charge in [-0.25, -0.2) is 12.8 Å². The van der Waals surface area contributed by atoms with Crippen molar-refractivity contribution in [1.82, 2.24) is 10.6 Å². The first-order valence-corrected chi connectivity index (χ1v) is 12.7. The lowest BCUT2D eigenvalue weighted by atomic mass is 9.97. The molecule has 0 radical (unpaired) electrons. The van der Waals surface area contributed by atoms with Crippen molar-refractivity contribution < 1.29 is 27.1 Å². The second kappa shape index (κ2) is 10.3. The van der Waals surface area contributed by atoms with Gasteiger partial charge in [-0.3, -0.25) is 9.59 Å². The highest BCUT2D eigenvalue weighted by Gasteiger charge is 2.34. The summed E-state index contributed by atoms with van der Waals surface area (Å²) in [6.07, 6.45) is 7.62. The summed E-state index contributed by atoms with van der Waals surface area (Å²) in [7, 11) is -2.34. The van der Waals surface area contributed by atoms with Crippen molar-refractivity contribution in [1.29, 1.82) is 0 Å². The topological polar surface area (TPSA) is 102 Å². The minimum Gasteiger partial charge on any atom is -0.496 e. The highest BCUT2D eigenvalue weighted by Crippen LogP contribution is 2.33. The average Bonchev–Trinajstić information content (AvgIpc) is 3.13. The van der Waals surface area contributed by atoms with E-state index in [0.717, 1.165) is 47.9 Å². The van der Waals surface area contributed by atoms with Crippen molar-refractivity contribution in [3.8, 4) is 0 Å². The molecule has 0 spiro atoms. The molecule has 182 valence electrons. The molecule has 0 aromatic heterocycles. The summed E-state index contributed by atoms with van der Waals surface area (Å²) in [4.78, 5) is 24.3. The first-order chi connectivity index (χ1) is 16.8. The Labute approximate surface area is 203 Å². The standard InChI is InChI=1S/C26H25FN2O5S/c1-34-22-6-3-2-5-21(22)17-7-9-18(10-8-17)25(30)28-13-4-14-29-26(31)24-16-19-15-20(27)11-12-23(19)35(24,32)33/h5-12,15-16H,2-4,13-14H2,1H3,(H,28,30)(H,29,31). The number of ether oxygens (including phenoxy) is 1. The third kappa shape index (κ3) is 5.19. The fourth-order valence-electron chi connectivity index (χ4n) is 3.99. The Balaban J connectivity index is 1.25. The van der Waals surface area contributed by atoms with Crippen molar-refractivity contribution in [3.05, 3.63) is 87.8 Å². The van der Waals surface area contributed by atoms with Gasteiger partial charge in [-0.1, -0.05) is 18.2 Å². The molecule has 35 heavy (non-hydrogen) atoms. The number of halogens is 1. The van der Waals surface area contributed by atoms with Crippen LogP contribution in [-0.2, 0) is 19.4 Å². The van der Waals surface area contributed by atoms with Gasteiger partial charge in [-0.05, 0) is 72.9 Å². The second-order valence-electron chi connectivity index (χ2n) is 8.10. The lowest BCUT2D eigenvalue weighted by Crippen LogP contribution is -2.31. The zero-order valence-electron chi connectivity index (χ0n) is 19.1. The first-order valence-electron chi connectivity index (χ1n) is 11.2. The van der Waals surface area contributed by atoms with Gasteiger partial charge in [-0.2, -0.15) is 0 Å². The van der Waals surface area contributed by atoms with Gasteiger partial charge >= 0.3 is 0 Å². The molecule has 2 aliphatic rings. The minimum absolute atomic E-state index is 0.0865. The smallest absolute Gasteiger partial charge is 0.263 e. The Morgan fingerprint density at radius 1 is 0.971 bits per heavy atom. The Morgan fingerprint density at radius 3 is 2.37 bits per heavy atom. The fraction of sp³-hybridized carbons (Fsp3) is 0.231. The number of carbonyl (C=O) groups excluding carboxylic acids is 2. The molecule has 1 aliphatic carbocycles. The molecule has 0 fully saturated rings. The molecule has 0 saturated heterocycles. The van der Waals surface area contributed by atoms with Crippen LogP contribution in [-0.4, -0.2) is 40.4 Å². The van der Waals surface area contributed by atoms with E-state index >= 15 is 0 Å². The van der Waals surface area contributed by atoms with Crippen LogP contribution in [0.4, 0.5) is 4.39 Å². The molecule has 1 heterocycles. The fourth-order valence-corrected chi connectivity index (χ4v) is 5.50. The Bertz CT molecular complexity index is 1360. The van der Waals surface area contributed by atoms with Crippen molar-refractivity contribution in [2.45, 2.75) is 24.2 Å². The van der Waals surface area contributed by atoms with E-state index in [0.29, 0.717) is 18.5 Å². The van der Waals surface area contributed by atoms with Crippen LogP contribution in [0.1, 0.15) is 40.7 Å². The van der Waals surface area contributed by atoms with E-state index in [1.54, 1.807) is 19.2 Å². The van der Waals surface area contributed by atoms with Crippen molar-refractivity contribution in [3.63, 3.8) is 0 Å². The summed E-state index contributed by atoms with van der Waals surface area (Å²) in [5.74, 6) is -0.760. The van der Waals surface area contributed by atoms with Crippen molar-refractivity contribution >= 4 is 33.3 Å². The maximum Gasteiger partial charge on any atom is 0.263 e. The van der Waals surface area contributed by atoms with Gasteiger partial charge in [0.25, 0.3) is 11.8 Å². The third-order valence-electron chi connectivity index (χ3n) is 5.77. The number of carbonyl (C=O) groups is 2. The maximum absolute atomic E-state index is 13.4. The molecule has 0 saturated carbocycles. The van der Waals surface area contributed by atoms with E-state index < -0.39 is 26.5 Å². The van der Waals surface area contributed by atoms with Gasteiger partial charge in [-0.15, -0.1) is 0 Å². The second-order valence-corrected chi connectivity index (χ2v) is 9.99. The number of benzene rings is 2. The monoisotopic (exact) mass is 496 g/mol. The predicted molar refractivity (Wildman–Crippen MR) is 130 cm³/mol. The first kappa shape index (κ1) is 24.4. The van der Waals surface area contributed by atoms with E-state index in [-0.39, 0.29) is 22.9 Å². The maximum atomic E-state index is 13.4. The summed E-state index contributed by atoms with van der Waals surface area (Å²) < 4.78 is 43.8. The summed E-state index contributed by atoms with van der Waals surface area (Å²) in [5.41, 5.74) is 2.64. The van der Waals surface area contributed by atoms with E-state index in [4.69, 9.17) is 4.74 Å². The van der Waals surface area contributed by atoms with E-state index in [2.05, 4.69) is 16.7 Å². The Kier molecular flexibility index (Phi) is 7.16. The molecule has 0 atom stereocenters. The summed E-state index contributed by atoms with van der Waals surface area (Å²) in [6, 6.07) is 10.5. The van der Waals surface area contributed by atoms with E-state index in [1.165, 1.54) is 6.08 Å². The van der Waals surface area contributed by atoms with E-state index in [9.17, 15) is 22.4 Å². The summed E-state index contributed by atoms with van der Waals surface area (Å²) in [6.45, 7) is 0.454. The largest absolute Gasteiger partial charge is 0.496 e. The lowest BCUT2D eigenvalue weighted by Gasteiger charge is -2.15. The SMILES string of the molecule is COC1=CCCC=C1c1ccc(C(=O)NCCCNC(=O)C2=Cc3cc(F)ccc3S2(=O)=O)cc1. The summed E-state index contributed by atoms with van der Waals surface area (Å²) >= 11 is 0. The molecule has 0 unspecified atom stereocenters. The molecule has 0 bridgehead atoms. The molecule has 2 amide bonds. The van der Waals surface area contributed by atoms with Crippen LogP contribution < -0.4 is 10.6 Å². The molecule has 2 aromatic carbocycles. The van der Waals surface area contributed by atoms with Crippen LogP contribution in [0, 0.1) is 5.82 Å². The number of hydrogen-bond donors (Lipinski definition) is 2. The molecule has 4 rings (SSSR count). The van der Waals surface area contributed by atoms with Gasteiger partial charge < -0.3 is 15.4 Å². The van der Waals surface area contributed by atoms with Gasteiger partial charge in [0.05, 0.1) is 12.0 Å². The van der Waals surface area contributed by atoms with Crippen LogP contribution >= 0.6 is 0 Å². The lowest BCUT2D eigenvalue weighted by molar-refractivity contribution is -0.116. The van der Waals surface area contributed by atoms with Crippen molar-refractivity contribution in [2.24, 2.45) is 0 Å². The Hall–Kier alpha value is -3.72. The van der Waals surface area contributed by atoms with Gasteiger partial charge in [0.1, 0.15) is 16.5 Å². The highest BCUT2D eigenvalue weighted by molar-refractivity contribution is 7.96. The number of amides is 2. The minimum atomic E-state index is -3.97. The van der Waals surface area contributed by atoms with Crippen LogP contribution in [0.3, 0.4) is 0 Å². The molecule has 2 N–H and O–H groups in total. The average molecular weight is 497 g/mol. The molecular weight excluding hydrogens is 471 g/mol. The van der Waals surface area contributed by atoms with Crippen LogP contribution in [0.25, 0.3) is 11.6 Å². The number of fused-ring (bicyclic) bond motifs is 1. The van der Waals surface area contributed by atoms with Crippen LogP contribution in [0.15, 0.2) is 70.2 Å². The third-order valence-corrected chi connectivity index (χ3v) is 7.61. The summed E-state index contributed by atoms with van der Waals surface area (Å²) in [5, 5.41) is 5.32. The van der Waals surface area contributed by atoms with Gasteiger partial charge in [0.2, 0.25) is 9.84 Å². The molecule has 7 nitrogen and oxygen atoms in total.